The predicted octanol–water partition coefficient (Wildman–Crippen LogP) is 5.28. The summed E-state index contributed by atoms with van der Waals surface area (Å²) in [6.07, 6.45) is 0.629. The molecule has 0 saturated carbocycles. The highest BCUT2D eigenvalue weighted by molar-refractivity contribution is 8.00. The number of benzene rings is 2. The number of carbonyl (C=O) groups excluding carboxylic acids is 1. The van der Waals surface area contributed by atoms with Crippen LogP contribution in [-0.4, -0.2) is 37.1 Å². The molecule has 1 fully saturated rings. The van der Waals surface area contributed by atoms with Crippen LogP contribution in [0.5, 0.6) is 0 Å². The summed E-state index contributed by atoms with van der Waals surface area (Å²) in [5, 5.41) is 10.5. The summed E-state index contributed by atoms with van der Waals surface area (Å²) in [4.78, 5) is 17.1. The van der Waals surface area contributed by atoms with Gasteiger partial charge in [-0.2, -0.15) is 0 Å². The van der Waals surface area contributed by atoms with E-state index in [-0.39, 0.29) is 17.3 Å². The van der Waals surface area contributed by atoms with Gasteiger partial charge in [0.2, 0.25) is 0 Å². The number of hydrogen-bond acceptors (Lipinski definition) is 6. The first-order valence-corrected chi connectivity index (χ1v) is 11.7. The average Bonchev–Trinajstić information content (AvgIpc) is 3.35. The second-order valence-corrected chi connectivity index (χ2v) is 9.25. The number of aryl methyl sites for hydroxylation is 1. The third-order valence-corrected chi connectivity index (χ3v) is 6.89. The first-order chi connectivity index (χ1) is 15.5. The van der Waals surface area contributed by atoms with Crippen molar-refractivity contribution in [2.24, 2.45) is 0 Å². The van der Waals surface area contributed by atoms with E-state index in [2.05, 4.69) is 65.0 Å². The monoisotopic (exact) mass is 444 g/mol. The van der Waals surface area contributed by atoms with Crippen LogP contribution in [0.3, 0.4) is 0 Å². The molecule has 162 valence electrons. The van der Waals surface area contributed by atoms with Crippen molar-refractivity contribution in [3.8, 4) is 22.6 Å². The zero-order valence-electron chi connectivity index (χ0n) is 18.3. The lowest BCUT2D eigenvalue weighted by Crippen LogP contribution is -2.11. The van der Waals surface area contributed by atoms with Crippen LogP contribution in [0, 0.1) is 6.92 Å². The lowest BCUT2D eigenvalue weighted by atomic mass is 10.0. The molecule has 7 heteroatoms. The Kier molecular flexibility index (Phi) is 5.43. The predicted molar refractivity (Wildman–Crippen MR) is 126 cm³/mol. The minimum absolute atomic E-state index is 0.0568. The van der Waals surface area contributed by atoms with E-state index in [9.17, 15) is 4.79 Å². The number of pyridine rings is 1. The molecule has 1 aliphatic rings. The highest BCUT2D eigenvalue weighted by Crippen LogP contribution is 2.36. The molecule has 0 amide bonds. The molecule has 4 aromatic rings. The van der Waals surface area contributed by atoms with E-state index < -0.39 is 0 Å². The summed E-state index contributed by atoms with van der Waals surface area (Å²) in [7, 11) is 0. The standard InChI is InChI=1S/C25H24N4O2S/c1-4-29-23(27-28-25(29)32-22-13-16(3)31-24(22)30)19-14-21(17-11-9-15(2)10-12-17)26-20-8-6-5-7-18(19)20/h5-12,14,16,22H,4,13H2,1-3H3/t16-,22-/m0/s1. The number of ether oxygens (including phenoxy) is 1. The molecule has 0 radical (unpaired) electrons. The van der Waals surface area contributed by atoms with Gasteiger partial charge < -0.3 is 9.30 Å². The molecule has 0 aliphatic carbocycles. The summed E-state index contributed by atoms with van der Waals surface area (Å²) in [6, 6.07) is 18.6. The number of rotatable bonds is 5. The van der Waals surface area contributed by atoms with Crippen LogP contribution in [0.1, 0.15) is 25.8 Å². The number of fused-ring (bicyclic) bond motifs is 1. The van der Waals surface area contributed by atoms with Gasteiger partial charge in [-0.3, -0.25) is 4.79 Å². The maximum atomic E-state index is 12.2. The number of aromatic nitrogens is 4. The summed E-state index contributed by atoms with van der Waals surface area (Å²) < 4.78 is 7.39. The van der Waals surface area contributed by atoms with Crippen molar-refractivity contribution >= 4 is 28.6 Å². The summed E-state index contributed by atoms with van der Waals surface area (Å²) in [5.74, 6) is 0.604. The minimum Gasteiger partial charge on any atom is -0.462 e. The smallest absolute Gasteiger partial charge is 0.319 e. The third kappa shape index (κ3) is 3.77. The minimum atomic E-state index is -0.246. The Bertz CT molecular complexity index is 1300. The van der Waals surface area contributed by atoms with Crippen LogP contribution in [0.4, 0.5) is 0 Å². The first kappa shape index (κ1) is 20.7. The van der Waals surface area contributed by atoms with Gasteiger partial charge in [-0.05, 0) is 32.9 Å². The van der Waals surface area contributed by atoms with E-state index in [1.807, 2.05) is 25.1 Å². The molecule has 3 heterocycles. The molecule has 2 atom stereocenters. The van der Waals surface area contributed by atoms with Crippen LogP contribution in [0.25, 0.3) is 33.5 Å². The molecule has 0 spiro atoms. The Hall–Kier alpha value is -3.19. The van der Waals surface area contributed by atoms with Gasteiger partial charge in [0.05, 0.1) is 11.2 Å². The number of cyclic esters (lactones) is 1. The van der Waals surface area contributed by atoms with Crippen LogP contribution in [-0.2, 0) is 16.1 Å². The fourth-order valence-corrected chi connectivity index (χ4v) is 5.24. The number of thioether (sulfide) groups is 1. The topological polar surface area (TPSA) is 69.9 Å². The molecular formula is C25H24N4O2S. The lowest BCUT2D eigenvalue weighted by molar-refractivity contribution is -0.140. The number of nitrogens with zero attached hydrogens (tertiary/aromatic N) is 4. The van der Waals surface area contributed by atoms with Gasteiger partial charge in [0.25, 0.3) is 0 Å². The Morgan fingerprint density at radius 3 is 2.62 bits per heavy atom. The Morgan fingerprint density at radius 1 is 1.12 bits per heavy atom. The van der Waals surface area contributed by atoms with Crippen LogP contribution in [0.15, 0.2) is 59.8 Å². The molecular weight excluding hydrogens is 420 g/mol. The number of hydrogen-bond donors (Lipinski definition) is 0. The Balaban J connectivity index is 1.62. The van der Waals surface area contributed by atoms with Gasteiger partial charge in [0, 0.05) is 29.5 Å². The normalized spacial score (nSPS) is 18.3. The van der Waals surface area contributed by atoms with E-state index in [1.165, 1.54) is 17.3 Å². The first-order valence-electron chi connectivity index (χ1n) is 10.8. The second kappa shape index (κ2) is 8.39. The number of esters is 1. The van der Waals surface area contributed by atoms with Crippen molar-refractivity contribution < 1.29 is 9.53 Å². The molecule has 0 bridgehead atoms. The Labute approximate surface area is 191 Å². The molecule has 2 aromatic carbocycles. The van der Waals surface area contributed by atoms with Crippen LogP contribution >= 0.6 is 11.8 Å². The zero-order valence-corrected chi connectivity index (χ0v) is 19.1. The van der Waals surface area contributed by atoms with Gasteiger partial charge in [0.1, 0.15) is 11.4 Å². The molecule has 0 unspecified atom stereocenters. The van der Waals surface area contributed by atoms with E-state index in [0.29, 0.717) is 13.0 Å². The molecule has 1 saturated heterocycles. The lowest BCUT2D eigenvalue weighted by Gasteiger charge is -2.12. The molecule has 2 aromatic heterocycles. The van der Waals surface area contributed by atoms with Gasteiger partial charge in [0.15, 0.2) is 11.0 Å². The van der Waals surface area contributed by atoms with Crippen molar-refractivity contribution in [1.29, 1.82) is 0 Å². The molecule has 0 N–H and O–H groups in total. The van der Waals surface area contributed by atoms with Gasteiger partial charge in [-0.1, -0.05) is 59.8 Å². The van der Waals surface area contributed by atoms with Gasteiger partial charge >= 0.3 is 5.97 Å². The molecule has 6 nitrogen and oxygen atoms in total. The van der Waals surface area contributed by atoms with Crippen molar-refractivity contribution in [3.05, 3.63) is 60.2 Å². The highest BCUT2D eigenvalue weighted by Gasteiger charge is 2.34. The summed E-state index contributed by atoms with van der Waals surface area (Å²) >= 11 is 1.44. The molecule has 1 aliphatic heterocycles. The van der Waals surface area contributed by atoms with Gasteiger partial charge in [-0.25, -0.2) is 4.98 Å². The number of para-hydroxylation sites is 1. The maximum Gasteiger partial charge on any atom is 0.319 e. The number of carbonyl (C=O) groups is 1. The quantitative estimate of drug-likeness (QED) is 0.390. The fraction of sp³-hybridized carbons (Fsp3) is 0.280. The van der Waals surface area contributed by atoms with Crippen LogP contribution < -0.4 is 0 Å². The fourth-order valence-electron chi connectivity index (χ4n) is 4.04. The largest absolute Gasteiger partial charge is 0.462 e. The highest BCUT2D eigenvalue weighted by atomic mass is 32.2. The van der Waals surface area contributed by atoms with E-state index in [1.54, 1.807) is 0 Å². The summed E-state index contributed by atoms with van der Waals surface area (Å²) in [5.41, 5.74) is 5.06. The zero-order chi connectivity index (χ0) is 22.2. The SMILES string of the molecule is CCn1c(S[C@H]2C[C@H](C)OC2=O)nnc1-c1cc(-c2ccc(C)cc2)nc2ccccc12. The maximum absolute atomic E-state index is 12.2. The van der Waals surface area contributed by atoms with Crippen molar-refractivity contribution in [2.45, 2.75) is 50.2 Å². The molecule has 32 heavy (non-hydrogen) atoms. The van der Waals surface area contributed by atoms with Crippen molar-refractivity contribution in [1.82, 2.24) is 19.7 Å². The second-order valence-electron chi connectivity index (χ2n) is 8.08. The van der Waals surface area contributed by atoms with E-state index in [4.69, 9.17) is 9.72 Å². The van der Waals surface area contributed by atoms with E-state index >= 15 is 0 Å². The summed E-state index contributed by atoms with van der Waals surface area (Å²) in [6.45, 7) is 6.76. The average molecular weight is 445 g/mol. The van der Waals surface area contributed by atoms with E-state index in [0.717, 1.165) is 38.7 Å². The Morgan fingerprint density at radius 2 is 1.91 bits per heavy atom. The molecule has 5 rings (SSSR count). The van der Waals surface area contributed by atoms with Crippen molar-refractivity contribution in [3.63, 3.8) is 0 Å². The van der Waals surface area contributed by atoms with Crippen LogP contribution in [0.2, 0.25) is 0 Å². The van der Waals surface area contributed by atoms with Gasteiger partial charge in [-0.15, -0.1) is 10.2 Å². The van der Waals surface area contributed by atoms with Crippen molar-refractivity contribution in [2.75, 3.05) is 0 Å². The third-order valence-electron chi connectivity index (χ3n) is 5.71.